The van der Waals surface area contributed by atoms with Crippen LogP contribution in [0, 0.1) is 13.8 Å². The maximum atomic E-state index is 13.4. The molecule has 0 atom stereocenters. The standard InChI is InChI=1S/C26H19F4N3O4/c1-13-3-6-17(9-14(13)2)33-21-12-16(26(28,29)30)5-7-18(21)23(24(33)35)32-31-20-8-4-15(11-22(20)34)10-19(27)25(36)37/h3-12,34-35H,1-2H3,(H,36,37)/b19-10-,32-31?. The zero-order valence-corrected chi connectivity index (χ0v) is 19.4. The first-order valence-corrected chi connectivity index (χ1v) is 10.7. The molecule has 0 bridgehead atoms. The fourth-order valence-electron chi connectivity index (χ4n) is 3.69. The summed E-state index contributed by atoms with van der Waals surface area (Å²) in [6.45, 7) is 3.70. The number of benzene rings is 3. The van der Waals surface area contributed by atoms with Gasteiger partial charge in [0.05, 0.1) is 11.1 Å². The first kappa shape index (κ1) is 25.4. The summed E-state index contributed by atoms with van der Waals surface area (Å²) >= 11 is 0. The van der Waals surface area contributed by atoms with Crippen LogP contribution < -0.4 is 0 Å². The van der Waals surface area contributed by atoms with Gasteiger partial charge >= 0.3 is 12.1 Å². The van der Waals surface area contributed by atoms with Gasteiger partial charge in [-0.1, -0.05) is 12.1 Å². The molecular weight excluding hydrogens is 494 g/mol. The summed E-state index contributed by atoms with van der Waals surface area (Å²) in [7, 11) is 0. The minimum atomic E-state index is -4.62. The topological polar surface area (TPSA) is 107 Å². The zero-order valence-electron chi connectivity index (χ0n) is 19.4. The molecule has 3 N–H and O–H groups in total. The van der Waals surface area contributed by atoms with E-state index in [0.29, 0.717) is 11.8 Å². The van der Waals surface area contributed by atoms with Crippen molar-refractivity contribution in [3.8, 4) is 17.3 Å². The number of carboxylic acid groups (broad SMARTS) is 1. The van der Waals surface area contributed by atoms with Crippen LogP contribution in [0.4, 0.5) is 28.9 Å². The van der Waals surface area contributed by atoms with E-state index in [-0.39, 0.29) is 27.8 Å². The molecule has 0 aliphatic rings. The number of aliphatic carboxylic acids is 1. The van der Waals surface area contributed by atoms with Crippen LogP contribution in [0.2, 0.25) is 0 Å². The van der Waals surface area contributed by atoms with Gasteiger partial charge in [-0.2, -0.15) is 17.6 Å². The third-order valence-corrected chi connectivity index (χ3v) is 5.75. The van der Waals surface area contributed by atoms with Gasteiger partial charge in [-0.25, -0.2) is 4.79 Å². The first-order chi connectivity index (χ1) is 17.4. The number of phenolic OH excluding ortho intramolecular Hbond substituents is 1. The molecule has 4 aromatic rings. The van der Waals surface area contributed by atoms with E-state index in [1.165, 1.54) is 22.8 Å². The summed E-state index contributed by atoms with van der Waals surface area (Å²) in [5.74, 6) is -4.14. The fourth-order valence-corrected chi connectivity index (χ4v) is 3.69. The smallest absolute Gasteiger partial charge is 0.416 e. The quantitative estimate of drug-likeness (QED) is 0.146. The maximum Gasteiger partial charge on any atom is 0.416 e. The number of nitrogens with zero attached hydrogens (tertiary/aromatic N) is 3. The van der Waals surface area contributed by atoms with Crippen LogP contribution >= 0.6 is 0 Å². The van der Waals surface area contributed by atoms with E-state index in [1.54, 1.807) is 18.2 Å². The van der Waals surface area contributed by atoms with Gasteiger partial charge in [0.15, 0.2) is 5.69 Å². The Hall–Kier alpha value is -4.67. The highest BCUT2D eigenvalue weighted by molar-refractivity contribution is 5.97. The van der Waals surface area contributed by atoms with Gasteiger partial charge in [0.25, 0.3) is 0 Å². The molecule has 190 valence electrons. The van der Waals surface area contributed by atoms with E-state index in [9.17, 15) is 32.6 Å². The number of carboxylic acids is 1. The second-order valence-corrected chi connectivity index (χ2v) is 8.25. The highest BCUT2D eigenvalue weighted by Crippen LogP contribution is 2.44. The SMILES string of the molecule is Cc1ccc(-n2c(O)c(N=Nc3ccc(/C=C(\F)C(=O)O)cc3O)c3ccc(C(F)(F)F)cc32)cc1C. The van der Waals surface area contributed by atoms with Crippen molar-refractivity contribution in [1.82, 2.24) is 4.57 Å². The molecule has 0 saturated heterocycles. The molecule has 1 heterocycles. The Bertz CT molecular complexity index is 1600. The third kappa shape index (κ3) is 5.01. The van der Waals surface area contributed by atoms with E-state index in [1.807, 2.05) is 13.8 Å². The number of aromatic nitrogens is 1. The van der Waals surface area contributed by atoms with Crippen LogP contribution in [0.3, 0.4) is 0 Å². The van der Waals surface area contributed by atoms with Crippen molar-refractivity contribution in [3.63, 3.8) is 0 Å². The molecule has 7 nitrogen and oxygen atoms in total. The van der Waals surface area contributed by atoms with Crippen molar-refractivity contribution < 1.29 is 37.7 Å². The Morgan fingerprint density at radius 2 is 1.68 bits per heavy atom. The lowest BCUT2D eigenvalue weighted by atomic mass is 10.1. The fraction of sp³-hybridized carbons (Fsp3) is 0.115. The second-order valence-electron chi connectivity index (χ2n) is 8.25. The lowest BCUT2D eigenvalue weighted by molar-refractivity contribution is -0.137. The van der Waals surface area contributed by atoms with E-state index in [4.69, 9.17) is 5.11 Å². The second kappa shape index (κ2) is 9.41. The van der Waals surface area contributed by atoms with Crippen LogP contribution in [0.25, 0.3) is 22.7 Å². The summed E-state index contributed by atoms with van der Waals surface area (Å²) in [5.41, 5.74) is 1.14. The summed E-state index contributed by atoms with van der Waals surface area (Å²) in [5, 5.41) is 38.0. The predicted molar refractivity (Wildman–Crippen MR) is 128 cm³/mol. The average molecular weight is 513 g/mol. The Morgan fingerprint density at radius 3 is 2.30 bits per heavy atom. The molecule has 0 unspecified atom stereocenters. The lowest BCUT2D eigenvalue weighted by Gasteiger charge is -2.11. The highest BCUT2D eigenvalue weighted by atomic mass is 19.4. The molecule has 37 heavy (non-hydrogen) atoms. The van der Waals surface area contributed by atoms with Gasteiger partial charge in [0.2, 0.25) is 11.7 Å². The van der Waals surface area contributed by atoms with Gasteiger partial charge in [-0.15, -0.1) is 10.2 Å². The van der Waals surface area contributed by atoms with Crippen molar-refractivity contribution in [3.05, 3.63) is 82.7 Å². The molecule has 0 aliphatic heterocycles. The molecule has 11 heteroatoms. The summed E-state index contributed by atoms with van der Waals surface area (Å²) < 4.78 is 54.9. The van der Waals surface area contributed by atoms with Crippen LogP contribution in [-0.2, 0) is 11.0 Å². The lowest BCUT2D eigenvalue weighted by Crippen LogP contribution is -2.05. The number of halogens is 4. The Balaban J connectivity index is 1.85. The van der Waals surface area contributed by atoms with E-state index in [0.717, 1.165) is 29.3 Å². The molecular formula is C26H19F4N3O4. The van der Waals surface area contributed by atoms with Gasteiger partial charge in [0.1, 0.15) is 11.4 Å². The molecule has 0 fully saturated rings. The maximum absolute atomic E-state index is 13.4. The molecule has 0 spiro atoms. The molecule has 4 rings (SSSR count). The van der Waals surface area contributed by atoms with E-state index >= 15 is 0 Å². The van der Waals surface area contributed by atoms with Crippen molar-refractivity contribution in [2.24, 2.45) is 10.2 Å². The van der Waals surface area contributed by atoms with Crippen molar-refractivity contribution in [2.45, 2.75) is 20.0 Å². The number of alkyl halides is 3. The van der Waals surface area contributed by atoms with Crippen molar-refractivity contribution >= 4 is 34.3 Å². The summed E-state index contributed by atoms with van der Waals surface area (Å²) in [4.78, 5) is 10.6. The number of aromatic hydroxyl groups is 2. The third-order valence-electron chi connectivity index (χ3n) is 5.75. The molecule has 0 amide bonds. The van der Waals surface area contributed by atoms with Gasteiger partial charge < -0.3 is 15.3 Å². The molecule has 3 aromatic carbocycles. The summed E-state index contributed by atoms with van der Waals surface area (Å²) in [6.07, 6.45) is -3.92. The minimum Gasteiger partial charge on any atom is -0.506 e. The number of fused-ring (bicyclic) bond motifs is 1. The predicted octanol–water partition coefficient (Wildman–Crippen LogP) is 7.49. The van der Waals surface area contributed by atoms with E-state index in [2.05, 4.69) is 10.2 Å². The summed E-state index contributed by atoms with van der Waals surface area (Å²) in [6, 6.07) is 11.6. The Morgan fingerprint density at radius 1 is 0.946 bits per heavy atom. The Kier molecular flexibility index (Phi) is 6.47. The number of phenols is 1. The monoisotopic (exact) mass is 513 g/mol. The van der Waals surface area contributed by atoms with Crippen LogP contribution in [0.5, 0.6) is 11.6 Å². The highest BCUT2D eigenvalue weighted by Gasteiger charge is 2.32. The molecule has 0 aliphatic carbocycles. The van der Waals surface area contributed by atoms with Gasteiger partial charge in [-0.05, 0) is 79.1 Å². The van der Waals surface area contributed by atoms with E-state index < -0.39 is 35.2 Å². The van der Waals surface area contributed by atoms with Gasteiger partial charge in [0, 0.05) is 11.1 Å². The number of hydrogen-bond donors (Lipinski definition) is 3. The number of rotatable bonds is 5. The van der Waals surface area contributed by atoms with Crippen LogP contribution in [0.1, 0.15) is 22.3 Å². The number of carbonyl (C=O) groups is 1. The van der Waals surface area contributed by atoms with Crippen LogP contribution in [0.15, 0.2) is 70.7 Å². The minimum absolute atomic E-state index is 0.0402. The largest absolute Gasteiger partial charge is 0.506 e. The Labute approximate surface area is 207 Å². The zero-order chi connectivity index (χ0) is 27.1. The number of azo groups is 1. The normalized spacial score (nSPS) is 12.5. The molecule has 0 saturated carbocycles. The van der Waals surface area contributed by atoms with Crippen molar-refractivity contribution in [2.75, 3.05) is 0 Å². The number of hydrogen-bond acceptors (Lipinski definition) is 5. The van der Waals surface area contributed by atoms with Crippen LogP contribution in [-0.4, -0.2) is 25.9 Å². The first-order valence-electron chi connectivity index (χ1n) is 10.7. The van der Waals surface area contributed by atoms with Crippen molar-refractivity contribution in [1.29, 1.82) is 0 Å². The average Bonchev–Trinajstić information content (AvgIpc) is 3.10. The molecule has 1 aromatic heterocycles. The van der Waals surface area contributed by atoms with Gasteiger partial charge in [-0.3, -0.25) is 4.57 Å². The number of aryl methyl sites for hydroxylation is 2. The molecule has 0 radical (unpaired) electrons.